The molecule has 0 aliphatic heterocycles. The van der Waals surface area contributed by atoms with E-state index in [0.717, 1.165) is 11.1 Å². The molecular weight excluding hydrogens is 330 g/mol. The number of carbonyl (C=O) groups excluding carboxylic acids is 2. The molecule has 3 N–H and O–H groups in total. The molecule has 0 unspecified atom stereocenters. The molecule has 138 valence electrons. The van der Waals surface area contributed by atoms with Crippen LogP contribution in [0.4, 0.5) is 10.5 Å². The Balaban J connectivity index is 1.76. The molecule has 0 bridgehead atoms. The number of carbonyl (C=O) groups is 2. The maximum Gasteiger partial charge on any atom is 0.319 e. The Morgan fingerprint density at radius 1 is 1.04 bits per heavy atom. The minimum absolute atomic E-state index is 0.0279. The summed E-state index contributed by atoms with van der Waals surface area (Å²) in [7, 11) is 0. The normalized spacial score (nSPS) is 10.3. The number of hydrogen-bond donors (Lipinski definition) is 3. The zero-order valence-corrected chi connectivity index (χ0v) is 15.3. The lowest BCUT2D eigenvalue weighted by atomic mass is 10.2. The van der Waals surface area contributed by atoms with Crippen LogP contribution < -0.4 is 20.7 Å². The molecule has 2 rings (SSSR count). The summed E-state index contributed by atoms with van der Waals surface area (Å²) in [5.41, 5.74) is 2.62. The fraction of sp³-hybridized carbons (Fsp3) is 0.300. The Bertz CT molecular complexity index is 742. The third-order valence-electron chi connectivity index (χ3n) is 3.57. The molecule has 0 atom stereocenters. The number of hydrogen-bond acceptors (Lipinski definition) is 3. The highest BCUT2D eigenvalue weighted by atomic mass is 16.5. The van der Waals surface area contributed by atoms with Crippen LogP contribution in [-0.4, -0.2) is 24.6 Å². The zero-order chi connectivity index (χ0) is 18.9. The molecular formula is C20H25N3O3. The van der Waals surface area contributed by atoms with Crippen LogP contribution in [-0.2, 0) is 11.3 Å². The number of benzene rings is 2. The van der Waals surface area contributed by atoms with E-state index in [1.807, 2.05) is 57.2 Å². The molecule has 2 aromatic rings. The summed E-state index contributed by atoms with van der Waals surface area (Å²) in [5, 5.41) is 8.32. The molecule has 0 heterocycles. The third-order valence-corrected chi connectivity index (χ3v) is 3.57. The second-order valence-electron chi connectivity index (χ2n) is 6.28. The van der Waals surface area contributed by atoms with Gasteiger partial charge in [0.15, 0.2) is 6.61 Å². The molecule has 3 amide bonds. The molecule has 2 aromatic carbocycles. The SMILES string of the molecule is Cc1ccccc1OCC(=O)NCc1ccc(NC(=O)NC(C)C)cc1. The van der Waals surface area contributed by atoms with Crippen molar-refractivity contribution in [3.63, 3.8) is 0 Å². The highest BCUT2D eigenvalue weighted by Gasteiger charge is 2.06. The van der Waals surface area contributed by atoms with E-state index in [-0.39, 0.29) is 24.6 Å². The summed E-state index contributed by atoms with van der Waals surface area (Å²) in [6.45, 7) is 6.10. The molecule has 0 saturated heterocycles. The zero-order valence-electron chi connectivity index (χ0n) is 15.3. The maximum absolute atomic E-state index is 11.9. The van der Waals surface area contributed by atoms with E-state index in [0.29, 0.717) is 18.0 Å². The molecule has 6 heteroatoms. The summed E-state index contributed by atoms with van der Waals surface area (Å²) in [6, 6.07) is 14.7. The third kappa shape index (κ3) is 6.47. The average molecular weight is 355 g/mol. The van der Waals surface area contributed by atoms with Gasteiger partial charge in [-0.05, 0) is 50.1 Å². The highest BCUT2D eigenvalue weighted by molar-refractivity contribution is 5.89. The molecule has 0 radical (unpaired) electrons. The van der Waals surface area contributed by atoms with Crippen molar-refractivity contribution in [1.82, 2.24) is 10.6 Å². The molecule has 26 heavy (non-hydrogen) atoms. The second kappa shape index (κ2) is 9.46. The lowest BCUT2D eigenvalue weighted by Crippen LogP contribution is -2.34. The summed E-state index contributed by atoms with van der Waals surface area (Å²) < 4.78 is 5.51. The average Bonchev–Trinajstić information content (AvgIpc) is 2.59. The van der Waals surface area contributed by atoms with Gasteiger partial charge < -0.3 is 20.7 Å². The number of ether oxygens (including phenoxy) is 1. The van der Waals surface area contributed by atoms with Crippen molar-refractivity contribution in [2.24, 2.45) is 0 Å². The topological polar surface area (TPSA) is 79.5 Å². The van der Waals surface area contributed by atoms with Gasteiger partial charge in [0.25, 0.3) is 5.91 Å². The lowest BCUT2D eigenvalue weighted by molar-refractivity contribution is -0.123. The highest BCUT2D eigenvalue weighted by Crippen LogP contribution is 2.15. The van der Waals surface area contributed by atoms with Crippen LogP contribution in [0.1, 0.15) is 25.0 Å². The summed E-state index contributed by atoms with van der Waals surface area (Å²) in [4.78, 5) is 23.6. The van der Waals surface area contributed by atoms with E-state index in [4.69, 9.17) is 4.74 Å². The van der Waals surface area contributed by atoms with Crippen molar-refractivity contribution in [3.05, 3.63) is 59.7 Å². The predicted octanol–water partition coefficient (Wildman–Crippen LogP) is 3.22. The summed E-state index contributed by atoms with van der Waals surface area (Å²) >= 11 is 0. The quantitative estimate of drug-likeness (QED) is 0.713. The van der Waals surface area contributed by atoms with Gasteiger partial charge in [0.1, 0.15) is 5.75 Å². The number of urea groups is 1. The molecule has 6 nitrogen and oxygen atoms in total. The van der Waals surface area contributed by atoms with Crippen LogP contribution in [0.25, 0.3) is 0 Å². The van der Waals surface area contributed by atoms with Crippen LogP contribution >= 0.6 is 0 Å². The minimum atomic E-state index is -0.241. The van der Waals surface area contributed by atoms with Gasteiger partial charge in [-0.2, -0.15) is 0 Å². The van der Waals surface area contributed by atoms with Crippen LogP contribution in [0.2, 0.25) is 0 Å². The molecule has 0 saturated carbocycles. The van der Waals surface area contributed by atoms with E-state index in [9.17, 15) is 9.59 Å². The minimum Gasteiger partial charge on any atom is -0.484 e. The Hall–Kier alpha value is -3.02. The molecule has 0 spiro atoms. The van der Waals surface area contributed by atoms with Gasteiger partial charge in [0.05, 0.1) is 0 Å². The van der Waals surface area contributed by atoms with Crippen molar-refractivity contribution in [1.29, 1.82) is 0 Å². The van der Waals surface area contributed by atoms with Gasteiger partial charge in [0, 0.05) is 18.3 Å². The van der Waals surface area contributed by atoms with Crippen LogP contribution in [0.15, 0.2) is 48.5 Å². The molecule has 0 fully saturated rings. The fourth-order valence-corrected chi connectivity index (χ4v) is 2.25. The van der Waals surface area contributed by atoms with Crippen molar-refractivity contribution >= 4 is 17.6 Å². The number of rotatable bonds is 7. The van der Waals surface area contributed by atoms with Gasteiger partial charge in [-0.15, -0.1) is 0 Å². The molecule has 0 aliphatic rings. The Labute approximate surface area is 153 Å². The monoisotopic (exact) mass is 355 g/mol. The van der Waals surface area contributed by atoms with Gasteiger partial charge in [0.2, 0.25) is 0 Å². The first-order valence-electron chi connectivity index (χ1n) is 8.55. The first-order chi connectivity index (χ1) is 12.4. The fourth-order valence-electron chi connectivity index (χ4n) is 2.25. The number of nitrogens with one attached hydrogen (secondary N) is 3. The largest absolute Gasteiger partial charge is 0.484 e. The standard InChI is InChI=1S/C20H25N3O3/c1-14(2)22-20(25)23-17-10-8-16(9-11-17)12-21-19(24)13-26-18-7-5-4-6-15(18)3/h4-11,14H,12-13H2,1-3H3,(H,21,24)(H2,22,23,25). The van der Waals surface area contributed by atoms with Crippen molar-refractivity contribution in [2.75, 3.05) is 11.9 Å². The van der Waals surface area contributed by atoms with Gasteiger partial charge in [-0.1, -0.05) is 30.3 Å². The van der Waals surface area contributed by atoms with E-state index in [2.05, 4.69) is 16.0 Å². The number of amides is 3. The van der Waals surface area contributed by atoms with Crippen LogP contribution in [0.5, 0.6) is 5.75 Å². The number of aryl methyl sites for hydroxylation is 1. The lowest BCUT2D eigenvalue weighted by Gasteiger charge is -2.11. The Morgan fingerprint density at radius 2 is 1.73 bits per heavy atom. The van der Waals surface area contributed by atoms with E-state index in [1.54, 1.807) is 12.1 Å². The predicted molar refractivity (Wildman–Crippen MR) is 102 cm³/mol. The summed E-state index contributed by atoms with van der Waals surface area (Å²) in [6.07, 6.45) is 0. The van der Waals surface area contributed by atoms with Gasteiger partial charge >= 0.3 is 6.03 Å². The maximum atomic E-state index is 11.9. The van der Waals surface area contributed by atoms with E-state index in [1.165, 1.54) is 0 Å². The molecule has 0 aromatic heterocycles. The van der Waals surface area contributed by atoms with E-state index < -0.39 is 0 Å². The first kappa shape index (κ1) is 19.3. The smallest absolute Gasteiger partial charge is 0.319 e. The Morgan fingerprint density at radius 3 is 2.38 bits per heavy atom. The van der Waals surface area contributed by atoms with Crippen LogP contribution in [0, 0.1) is 6.92 Å². The van der Waals surface area contributed by atoms with Gasteiger partial charge in [-0.25, -0.2) is 4.79 Å². The number of para-hydroxylation sites is 1. The molecule has 0 aliphatic carbocycles. The van der Waals surface area contributed by atoms with Crippen molar-refractivity contribution in [2.45, 2.75) is 33.4 Å². The van der Waals surface area contributed by atoms with E-state index >= 15 is 0 Å². The second-order valence-corrected chi connectivity index (χ2v) is 6.28. The van der Waals surface area contributed by atoms with Crippen LogP contribution in [0.3, 0.4) is 0 Å². The van der Waals surface area contributed by atoms with Crippen molar-refractivity contribution in [3.8, 4) is 5.75 Å². The van der Waals surface area contributed by atoms with Gasteiger partial charge in [-0.3, -0.25) is 4.79 Å². The van der Waals surface area contributed by atoms with Crippen molar-refractivity contribution < 1.29 is 14.3 Å². The Kier molecular flexibility index (Phi) is 7.02. The first-order valence-corrected chi connectivity index (χ1v) is 8.55. The summed E-state index contributed by atoms with van der Waals surface area (Å²) in [5.74, 6) is 0.518. The number of anilines is 1.